The van der Waals surface area contributed by atoms with Crippen molar-refractivity contribution in [2.24, 2.45) is 0 Å². The molecule has 0 atom stereocenters. The molecule has 0 fully saturated rings. The van der Waals surface area contributed by atoms with Gasteiger partial charge in [-0.05, 0) is 51.0 Å². The SMILES string of the molecule is COC(=O)c1ccc2c(c1)CCN(CC(=O)OC(C)(C)C)C2=O. The number of carbonyl (C=O) groups is 3. The van der Waals surface area contributed by atoms with Gasteiger partial charge in [0.1, 0.15) is 12.1 Å². The van der Waals surface area contributed by atoms with Crippen molar-refractivity contribution in [3.63, 3.8) is 0 Å². The summed E-state index contributed by atoms with van der Waals surface area (Å²) < 4.78 is 9.93. The van der Waals surface area contributed by atoms with E-state index in [9.17, 15) is 14.4 Å². The third-order valence-electron chi connectivity index (χ3n) is 3.44. The van der Waals surface area contributed by atoms with Crippen molar-refractivity contribution in [2.45, 2.75) is 32.8 Å². The topological polar surface area (TPSA) is 72.9 Å². The summed E-state index contributed by atoms with van der Waals surface area (Å²) in [6.45, 7) is 5.69. The van der Waals surface area contributed by atoms with Crippen LogP contribution in [0, 0.1) is 0 Å². The number of ether oxygens (including phenoxy) is 2. The molecule has 0 aliphatic carbocycles. The van der Waals surface area contributed by atoms with Crippen LogP contribution in [0.4, 0.5) is 0 Å². The quantitative estimate of drug-likeness (QED) is 0.795. The number of rotatable bonds is 3. The Morgan fingerprint density at radius 1 is 1.26 bits per heavy atom. The van der Waals surface area contributed by atoms with Gasteiger partial charge in [0, 0.05) is 12.1 Å². The molecule has 0 saturated carbocycles. The molecule has 1 aliphatic rings. The Hall–Kier alpha value is -2.37. The molecular weight excluding hydrogens is 298 g/mol. The molecule has 1 aromatic rings. The first-order valence-electron chi connectivity index (χ1n) is 7.43. The van der Waals surface area contributed by atoms with Crippen LogP contribution in [0.15, 0.2) is 18.2 Å². The van der Waals surface area contributed by atoms with Crippen molar-refractivity contribution in [1.82, 2.24) is 4.90 Å². The van der Waals surface area contributed by atoms with Gasteiger partial charge in [0.15, 0.2) is 0 Å². The molecule has 1 aliphatic heterocycles. The molecule has 124 valence electrons. The van der Waals surface area contributed by atoms with Crippen LogP contribution in [-0.2, 0) is 20.7 Å². The number of amides is 1. The maximum absolute atomic E-state index is 12.5. The highest BCUT2D eigenvalue weighted by Gasteiger charge is 2.28. The Labute approximate surface area is 135 Å². The van der Waals surface area contributed by atoms with E-state index in [0.29, 0.717) is 24.1 Å². The van der Waals surface area contributed by atoms with Crippen molar-refractivity contribution >= 4 is 17.8 Å². The predicted molar refractivity (Wildman–Crippen MR) is 83.2 cm³/mol. The molecule has 0 unspecified atom stereocenters. The summed E-state index contributed by atoms with van der Waals surface area (Å²) in [6, 6.07) is 4.83. The van der Waals surface area contributed by atoms with Gasteiger partial charge in [-0.3, -0.25) is 9.59 Å². The Kier molecular flexibility index (Phi) is 4.73. The number of esters is 2. The molecule has 0 radical (unpaired) electrons. The largest absolute Gasteiger partial charge is 0.465 e. The van der Waals surface area contributed by atoms with Crippen molar-refractivity contribution < 1.29 is 23.9 Å². The first-order chi connectivity index (χ1) is 10.7. The van der Waals surface area contributed by atoms with Gasteiger partial charge in [0.05, 0.1) is 12.7 Å². The van der Waals surface area contributed by atoms with E-state index in [1.54, 1.807) is 39.0 Å². The summed E-state index contributed by atoms with van der Waals surface area (Å²) in [7, 11) is 1.31. The highest BCUT2D eigenvalue weighted by atomic mass is 16.6. The summed E-state index contributed by atoms with van der Waals surface area (Å²) in [4.78, 5) is 37.4. The molecule has 2 rings (SSSR count). The standard InChI is InChI=1S/C17H21NO5/c1-17(2,3)23-14(19)10-18-8-7-11-9-12(16(21)22-4)5-6-13(11)15(18)20/h5-6,9H,7-8,10H2,1-4H3. The molecular formula is C17H21NO5. The zero-order chi connectivity index (χ0) is 17.2. The monoisotopic (exact) mass is 319 g/mol. The van der Waals surface area contributed by atoms with Crippen LogP contribution in [0.1, 0.15) is 47.1 Å². The molecule has 6 heteroatoms. The minimum absolute atomic E-state index is 0.0751. The van der Waals surface area contributed by atoms with Crippen LogP contribution >= 0.6 is 0 Å². The van der Waals surface area contributed by atoms with Crippen LogP contribution in [-0.4, -0.2) is 48.5 Å². The first kappa shape index (κ1) is 17.0. The summed E-state index contributed by atoms with van der Waals surface area (Å²) in [6.07, 6.45) is 0.578. The zero-order valence-electron chi connectivity index (χ0n) is 13.8. The first-order valence-corrected chi connectivity index (χ1v) is 7.43. The van der Waals surface area contributed by atoms with Gasteiger partial charge in [0.25, 0.3) is 5.91 Å². The van der Waals surface area contributed by atoms with Crippen LogP contribution in [0.2, 0.25) is 0 Å². The molecule has 1 amide bonds. The average Bonchev–Trinajstić information content (AvgIpc) is 2.47. The fraction of sp³-hybridized carbons (Fsp3) is 0.471. The van der Waals surface area contributed by atoms with E-state index < -0.39 is 17.5 Å². The molecule has 1 heterocycles. The fourth-order valence-corrected chi connectivity index (χ4v) is 2.46. The highest BCUT2D eigenvalue weighted by Crippen LogP contribution is 2.21. The maximum Gasteiger partial charge on any atom is 0.337 e. The molecule has 0 N–H and O–H groups in total. The van der Waals surface area contributed by atoms with Crippen molar-refractivity contribution in [3.05, 3.63) is 34.9 Å². The van der Waals surface area contributed by atoms with E-state index in [0.717, 1.165) is 5.56 Å². The van der Waals surface area contributed by atoms with Gasteiger partial charge in [0.2, 0.25) is 0 Å². The second-order valence-corrected chi connectivity index (χ2v) is 6.43. The number of carbonyl (C=O) groups excluding carboxylic acids is 3. The number of methoxy groups -OCH3 is 1. The molecule has 23 heavy (non-hydrogen) atoms. The van der Waals surface area contributed by atoms with Crippen molar-refractivity contribution in [1.29, 1.82) is 0 Å². The Morgan fingerprint density at radius 2 is 1.96 bits per heavy atom. The lowest BCUT2D eigenvalue weighted by Gasteiger charge is -2.29. The van der Waals surface area contributed by atoms with Crippen LogP contribution < -0.4 is 0 Å². The molecule has 0 saturated heterocycles. The van der Waals surface area contributed by atoms with E-state index in [4.69, 9.17) is 4.74 Å². The number of hydrogen-bond acceptors (Lipinski definition) is 5. The van der Waals surface area contributed by atoms with E-state index in [2.05, 4.69) is 4.74 Å². The lowest BCUT2D eigenvalue weighted by atomic mass is 9.96. The van der Waals surface area contributed by atoms with Crippen LogP contribution in [0.3, 0.4) is 0 Å². The van der Waals surface area contributed by atoms with E-state index in [-0.39, 0.29) is 12.5 Å². The van der Waals surface area contributed by atoms with Crippen LogP contribution in [0.25, 0.3) is 0 Å². The summed E-state index contributed by atoms with van der Waals surface area (Å²) in [5.41, 5.74) is 1.13. The van der Waals surface area contributed by atoms with Gasteiger partial charge < -0.3 is 14.4 Å². The maximum atomic E-state index is 12.5. The third kappa shape index (κ3) is 4.09. The Bertz CT molecular complexity index is 645. The molecule has 6 nitrogen and oxygen atoms in total. The van der Waals surface area contributed by atoms with Gasteiger partial charge >= 0.3 is 11.9 Å². The summed E-state index contributed by atoms with van der Waals surface area (Å²) in [5, 5.41) is 0. The smallest absolute Gasteiger partial charge is 0.337 e. The van der Waals surface area contributed by atoms with Gasteiger partial charge in [-0.15, -0.1) is 0 Å². The minimum atomic E-state index is -0.580. The lowest BCUT2D eigenvalue weighted by Crippen LogP contribution is -2.42. The number of fused-ring (bicyclic) bond motifs is 1. The highest BCUT2D eigenvalue weighted by molar-refractivity contribution is 5.99. The normalized spacial score (nSPS) is 14.3. The number of nitrogens with zero attached hydrogens (tertiary/aromatic N) is 1. The van der Waals surface area contributed by atoms with Gasteiger partial charge in [-0.1, -0.05) is 0 Å². The second kappa shape index (κ2) is 6.40. The lowest BCUT2D eigenvalue weighted by molar-refractivity contribution is -0.155. The molecule has 0 aromatic heterocycles. The van der Waals surface area contributed by atoms with E-state index >= 15 is 0 Å². The molecule has 0 bridgehead atoms. The van der Waals surface area contributed by atoms with Gasteiger partial charge in [-0.2, -0.15) is 0 Å². The summed E-state index contributed by atoms with van der Waals surface area (Å²) >= 11 is 0. The average molecular weight is 319 g/mol. The molecule has 0 spiro atoms. The third-order valence-corrected chi connectivity index (χ3v) is 3.44. The Morgan fingerprint density at radius 3 is 2.57 bits per heavy atom. The predicted octanol–water partition coefficient (Wildman–Crippen LogP) is 1.81. The second-order valence-electron chi connectivity index (χ2n) is 6.43. The Balaban J connectivity index is 2.12. The van der Waals surface area contributed by atoms with Crippen molar-refractivity contribution in [2.75, 3.05) is 20.2 Å². The van der Waals surface area contributed by atoms with Crippen LogP contribution in [0.5, 0.6) is 0 Å². The van der Waals surface area contributed by atoms with Crippen molar-refractivity contribution in [3.8, 4) is 0 Å². The number of benzene rings is 1. The van der Waals surface area contributed by atoms with E-state index in [1.165, 1.54) is 12.0 Å². The fourth-order valence-electron chi connectivity index (χ4n) is 2.46. The minimum Gasteiger partial charge on any atom is -0.465 e. The molecule has 1 aromatic carbocycles. The number of hydrogen-bond donors (Lipinski definition) is 0. The van der Waals surface area contributed by atoms with Gasteiger partial charge in [-0.25, -0.2) is 4.79 Å². The zero-order valence-corrected chi connectivity index (χ0v) is 13.8. The van der Waals surface area contributed by atoms with E-state index in [1.807, 2.05) is 0 Å². The summed E-state index contributed by atoms with van der Waals surface area (Å²) in [5.74, 6) is -1.09.